The zero-order valence-electron chi connectivity index (χ0n) is 14.0. The van der Waals surface area contributed by atoms with Gasteiger partial charge in [0.15, 0.2) is 5.82 Å². The fourth-order valence-corrected chi connectivity index (χ4v) is 2.55. The summed E-state index contributed by atoms with van der Waals surface area (Å²) in [4.78, 5) is 16.3. The fourth-order valence-electron chi connectivity index (χ4n) is 2.55. The van der Waals surface area contributed by atoms with Crippen LogP contribution in [0.1, 0.15) is 50.8 Å². The number of rotatable bonds is 8. The highest BCUT2D eigenvalue weighted by molar-refractivity contribution is 5.90. The Balaban J connectivity index is 0.00000264. The van der Waals surface area contributed by atoms with Gasteiger partial charge in [0.2, 0.25) is 5.95 Å². The van der Waals surface area contributed by atoms with Crippen LogP contribution < -0.4 is 10.6 Å². The molecule has 1 amide bonds. The molecule has 0 atom stereocenters. The van der Waals surface area contributed by atoms with Crippen LogP contribution in [0, 0.1) is 0 Å². The molecule has 1 aromatic heterocycles. The first-order valence-corrected chi connectivity index (χ1v) is 8.20. The first-order chi connectivity index (χ1) is 10.7. The molecule has 2 N–H and O–H groups in total. The zero-order valence-corrected chi connectivity index (χ0v) is 14.8. The van der Waals surface area contributed by atoms with E-state index in [1.807, 2.05) is 0 Å². The summed E-state index contributed by atoms with van der Waals surface area (Å²) >= 11 is 0. The summed E-state index contributed by atoms with van der Waals surface area (Å²) in [7, 11) is 1.80. The van der Waals surface area contributed by atoms with Crippen LogP contribution >= 0.6 is 12.4 Å². The maximum atomic E-state index is 11.9. The van der Waals surface area contributed by atoms with Crippen LogP contribution in [-0.4, -0.2) is 47.0 Å². The largest absolute Gasteiger partial charge is 0.372 e. The minimum atomic E-state index is -0.177. The van der Waals surface area contributed by atoms with Gasteiger partial charge in [-0.1, -0.05) is 19.8 Å². The molecule has 1 aliphatic rings. The Morgan fingerprint density at radius 1 is 1.39 bits per heavy atom. The molecule has 23 heavy (non-hydrogen) atoms. The number of nitrogens with one attached hydrogen (secondary N) is 2. The van der Waals surface area contributed by atoms with Gasteiger partial charge in [-0.15, -0.1) is 12.4 Å². The number of hydrogen-bond acceptors (Lipinski definition) is 5. The highest BCUT2D eigenvalue weighted by atomic mass is 35.5. The average molecular weight is 346 g/mol. The molecule has 132 valence electrons. The first kappa shape index (κ1) is 19.9. The van der Waals surface area contributed by atoms with Gasteiger partial charge in [-0.2, -0.15) is 10.1 Å². The summed E-state index contributed by atoms with van der Waals surface area (Å²) in [6, 6.07) is 0. The van der Waals surface area contributed by atoms with Crippen LogP contribution in [0.25, 0.3) is 0 Å². The number of hydrogen-bond donors (Lipinski definition) is 2. The van der Waals surface area contributed by atoms with Crippen molar-refractivity contribution in [3.8, 4) is 0 Å². The first-order valence-electron chi connectivity index (χ1n) is 8.20. The Morgan fingerprint density at radius 2 is 2.13 bits per heavy atom. The van der Waals surface area contributed by atoms with E-state index in [0.29, 0.717) is 18.5 Å². The van der Waals surface area contributed by atoms with Crippen molar-refractivity contribution in [2.45, 2.75) is 44.9 Å². The molecule has 1 aliphatic heterocycles. The second-order valence-corrected chi connectivity index (χ2v) is 5.75. The Morgan fingerprint density at radius 3 is 2.83 bits per heavy atom. The smallest absolute Gasteiger partial charge is 0.252 e. The maximum absolute atomic E-state index is 11.9. The van der Waals surface area contributed by atoms with Gasteiger partial charge in [0.05, 0.1) is 0 Å². The molecule has 0 aliphatic carbocycles. The zero-order chi connectivity index (χ0) is 15.8. The molecule has 0 bridgehead atoms. The number of halogens is 1. The van der Waals surface area contributed by atoms with E-state index in [2.05, 4.69) is 27.6 Å². The summed E-state index contributed by atoms with van der Waals surface area (Å²) in [6.45, 7) is 4.83. The minimum absolute atomic E-state index is 0. The number of aryl methyl sites for hydroxylation is 1. The van der Waals surface area contributed by atoms with Crippen molar-refractivity contribution in [1.82, 2.24) is 20.1 Å². The summed E-state index contributed by atoms with van der Waals surface area (Å²) < 4.78 is 6.99. The van der Waals surface area contributed by atoms with Crippen molar-refractivity contribution in [1.29, 1.82) is 0 Å². The van der Waals surface area contributed by atoms with E-state index < -0.39 is 0 Å². The Kier molecular flexibility index (Phi) is 9.13. The number of ether oxygens (including phenoxy) is 1. The molecule has 1 saturated heterocycles. The molecule has 0 unspecified atom stereocenters. The fraction of sp³-hybridized carbons (Fsp3) is 0.800. The Bertz CT molecular complexity index is 474. The average Bonchev–Trinajstić information content (AvgIpc) is 2.89. The molecule has 8 heteroatoms. The lowest BCUT2D eigenvalue weighted by molar-refractivity contribution is -0.120. The summed E-state index contributed by atoms with van der Waals surface area (Å²) in [5.74, 6) is 1.52. The lowest BCUT2D eigenvalue weighted by atomic mass is 9.98. The molecule has 7 nitrogen and oxygen atoms in total. The number of nitrogens with zero attached hydrogens (tertiary/aromatic N) is 3. The summed E-state index contributed by atoms with van der Waals surface area (Å²) in [5, 5.41) is 10.5. The molecule has 0 saturated carbocycles. The molecule has 1 aromatic rings. The molecule has 2 heterocycles. The third-order valence-corrected chi connectivity index (χ3v) is 3.86. The van der Waals surface area contributed by atoms with Crippen molar-refractivity contribution in [2.24, 2.45) is 7.05 Å². The highest BCUT2D eigenvalue weighted by Gasteiger charge is 2.21. The van der Waals surface area contributed by atoms with Crippen LogP contribution in [0.2, 0.25) is 0 Å². The molecule has 0 aromatic carbocycles. The second-order valence-electron chi connectivity index (χ2n) is 5.75. The van der Waals surface area contributed by atoms with Gasteiger partial charge in [-0.05, 0) is 32.4 Å². The van der Waals surface area contributed by atoms with Gasteiger partial charge in [0.1, 0.15) is 6.61 Å². The normalized spacial score (nSPS) is 15.2. The number of piperidine rings is 1. The quantitative estimate of drug-likeness (QED) is 0.703. The van der Waals surface area contributed by atoms with E-state index in [0.717, 1.165) is 51.0 Å². The molecule has 2 rings (SSSR count). The standard InChI is InChI=1S/C15H27N5O2.ClH/c1-3-4-5-10-22-11-13(21)17-15-18-14(19-20(15)2)12-6-8-16-9-7-12;/h12,16H,3-11H2,1-2H3,(H,17,18,19,21);1H. The molecule has 0 spiro atoms. The number of amides is 1. The molecule has 0 radical (unpaired) electrons. The van der Waals surface area contributed by atoms with Crippen molar-refractivity contribution in [3.05, 3.63) is 5.82 Å². The van der Waals surface area contributed by atoms with Crippen LogP contribution in [0.5, 0.6) is 0 Å². The van der Waals surface area contributed by atoms with E-state index in [1.54, 1.807) is 11.7 Å². The predicted molar refractivity (Wildman–Crippen MR) is 92.1 cm³/mol. The SMILES string of the molecule is CCCCCOCC(=O)Nc1nc(C2CCNCC2)nn1C.Cl. The maximum Gasteiger partial charge on any atom is 0.252 e. The lowest BCUT2D eigenvalue weighted by Gasteiger charge is -2.19. The highest BCUT2D eigenvalue weighted by Crippen LogP contribution is 2.23. The van der Waals surface area contributed by atoms with E-state index in [-0.39, 0.29) is 24.9 Å². The number of unbranched alkanes of at least 4 members (excludes halogenated alkanes) is 2. The van der Waals surface area contributed by atoms with Crippen molar-refractivity contribution in [3.63, 3.8) is 0 Å². The van der Waals surface area contributed by atoms with Crippen LogP contribution in [0.15, 0.2) is 0 Å². The lowest BCUT2D eigenvalue weighted by Crippen LogP contribution is -2.27. The van der Waals surface area contributed by atoms with Crippen molar-refractivity contribution >= 4 is 24.3 Å². The van der Waals surface area contributed by atoms with E-state index in [1.165, 1.54) is 0 Å². The van der Waals surface area contributed by atoms with Gasteiger partial charge < -0.3 is 10.1 Å². The predicted octanol–water partition coefficient (Wildman–Crippen LogP) is 1.85. The van der Waals surface area contributed by atoms with Crippen molar-refractivity contribution in [2.75, 3.05) is 31.6 Å². The minimum Gasteiger partial charge on any atom is -0.372 e. The third kappa shape index (κ3) is 6.45. The number of carbonyl (C=O) groups excluding carboxylic acids is 1. The van der Waals surface area contributed by atoms with Crippen LogP contribution in [-0.2, 0) is 16.6 Å². The molecular formula is C15H28ClN5O2. The topological polar surface area (TPSA) is 81.1 Å². The Labute approximate surface area is 144 Å². The molecular weight excluding hydrogens is 318 g/mol. The van der Waals surface area contributed by atoms with Crippen LogP contribution in [0.4, 0.5) is 5.95 Å². The Hall–Kier alpha value is -1.18. The number of aromatic nitrogens is 3. The van der Waals surface area contributed by atoms with Gasteiger partial charge >= 0.3 is 0 Å². The van der Waals surface area contributed by atoms with Gasteiger partial charge in [-0.25, -0.2) is 4.68 Å². The van der Waals surface area contributed by atoms with Gasteiger partial charge in [-0.3, -0.25) is 10.1 Å². The molecule has 1 fully saturated rings. The number of carbonyl (C=O) groups is 1. The van der Waals surface area contributed by atoms with Gasteiger partial charge in [0.25, 0.3) is 5.91 Å². The monoisotopic (exact) mass is 345 g/mol. The van der Waals surface area contributed by atoms with E-state index in [4.69, 9.17) is 4.74 Å². The summed E-state index contributed by atoms with van der Waals surface area (Å²) in [6.07, 6.45) is 5.35. The number of anilines is 1. The second kappa shape index (κ2) is 10.6. The van der Waals surface area contributed by atoms with E-state index in [9.17, 15) is 4.79 Å². The third-order valence-electron chi connectivity index (χ3n) is 3.86. The summed E-state index contributed by atoms with van der Waals surface area (Å²) in [5.41, 5.74) is 0. The van der Waals surface area contributed by atoms with E-state index >= 15 is 0 Å². The van der Waals surface area contributed by atoms with Gasteiger partial charge in [0, 0.05) is 19.6 Å². The van der Waals surface area contributed by atoms with Crippen LogP contribution in [0.3, 0.4) is 0 Å². The van der Waals surface area contributed by atoms with Crippen molar-refractivity contribution < 1.29 is 9.53 Å².